The molecule has 1 aromatic carbocycles. The number of ether oxygens (including phenoxy) is 2. The number of aryl methyl sites for hydroxylation is 1. The monoisotopic (exact) mass is 395 g/mol. The van der Waals surface area contributed by atoms with E-state index in [9.17, 15) is 0 Å². The molecule has 0 unspecified atom stereocenters. The summed E-state index contributed by atoms with van der Waals surface area (Å²) in [4.78, 5) is 5.57. The molecule has 0 aliphatic heterocycles. The van der Waals surface area contributed by atoms with E-state index in [2.05, 4.69) is 10.1 Å². The first-order valence-electron chi connectivity index (χ1n) is 9.09. The van der Waals surface area contributed by atoms with E-state index in [1.54, 1.807) is 11.3 Å². The van der Waals surface area contributed by atoms with Gasteiger partial charge in [-0.1, -0.05) is 18.2 Å². The van der Waals surface area contributed by atoms with Gasteiger partial charge in [0.25, 0.3) is 0 Å². The molecule has 0 amide bonds. The Hall–Kier alpha value is -3.06. The molecule has 0 saturated heterocycles. The van der Waals surface area contributed by atoms with Gasteiger partial charge in [0.1, 0.15) is 23.8 Å². The van der Waals surface area contributed by atoms with E-state index in [0.29, 0.717) is 31.5 Å². The van der Waals surface area contributed by atoms with Crippen molar-refractivity contribution in [2.24, 2.45) is 0 Å². The second-order valence-electron chi connectivity index (χ2n) is 6.22. The van der Waals surface area contributed by atoms with Crippen molar-refractivity contribution in [3.63, 3.8) is 0 Å². The Bertz CT molecular complexity index is 1020. The molecule has 7 heteroatoms. The smallest absolute Gasteiger partial charge is 0.236 e. The van der Waals surface area contributed by atoms with Crippen LogP contribution in [0.2, 0.25) is 0 Å². The van der Waals surface area contributed by atoms with E-state index in [-0.39, 0.29) is 0 Å². The molecule has 4 rings (SSSR count). The van der Waals surface area contributed by atoms with Crippen LogP contribution in [-0.4, -0.2) is 21.4 Å². The highest BCUT2D eigenvalue weighted by Crippen LogP contribution is 2.26. The second-order valence-corrected chi connectivity index (χ2v) is 7.16. The van der Waals surface area contributed by atoms with Crippen LogP contribution in [-0.2, 0) is 13.2 Å². The van der Waals surface area contributed by atoms with Crippen LogP contribution < -0.4 is 9.47 Å². The molecule has 4 aromatic rings. The van der Waals surface area contributed by atoms with Gasteiger partial charge in [0.15, 0.2) is 0 Å². The lowest BCUT2D eigenvalue weighted by atomic mass is 10.2. The first kappa shape index (κ1) is 18.3. The third-order valence-electron chi connectivity index (χ3n) is 4.18. The third kappa shape index (κ3) is 4.26. The number of hydrogen-bond donors (Lipinski definition) is 0. The Morgan fingerprint density at radius 3 is 2.71 bits per heavy atom. The fourth-order valence-corrected chi connectivity index (χ4v) is 3.40. The largest absolute Gasteiger partial charge is 0.487 e. The summed E-state index contributed by atoms with van der Waals surface area (Å²) >= 11 is 1.61. The zero-order valence-electron chi connectivity index (χ0n) is 15.8. The van der Waals surface area contributed by atoms with Gasteiger partial charge in [0.2, 0.25) is 11.8 Å². The number of rotatable bonds is 8. The summed E-state index contributed by atoms with van der Waals surface area (Å²) in [6.45, 7) is 5.52. The first-order chi connectivity index (χ1) is 13.7. The van der Waals surface area contributed by atoms with Gasteiger partial charge in [-0.05, 0) is 43.0 Å². The Morgan fingerprint density at radius 1 is 1.11 bits per heavy atom. The number of aromatic nitrogens is 3. The van der Waals surface area contributed by atoms with Gasteiger partial charge in [0.05, 0.1) is 18.0 Å². The Balaban J connectivity index is 1.35. The molecule has 3 aromatic heterocycles. The predicted molar refractivity (Wildman–Crippen MR) is 108 cm³/mol. The molecule has 0 aliphatic rings. The molecule has 0 bridgehead atoms. The molecule has 0 aliphatic carbocycles. The maximum atomic E-state index is 5.88. The first-order valence-corrected chi connectivity index (χ1v) is 9.97. The summed E-state index contributed by atoms with van der Waals surface area (Å²) in [5.41, 5.74) is 1.95. The van der Waals surface area contributed by atoms with E-state index < -0.39 is 0 Å². The molecule has 0 atom stereocenters. The lowest BCUT2D eigenvalue weighted by molar-refractivity contribution is 0.299. The van der Waals surface area contributed by atoms with Crippen LogP contribution in [0.25, 0.3) is 10.8 Å². The van der Waals surface area contributed by atoms with Crippen LogP contribution in [0, 0.1) is 6.92 Å². The summed E-state index contributed by atoms with van der Waals surface area (Å²) in [5.74, 6) is 2.86. The number of thiophene rings is 1. The van der Waals surface area contributed by atoms with Crippen molar-refractivity contribution in [3.8, 4) is 22.4 Å². The van der Waals surface area contributed by atoms with E-state index in [4.69, 9.17) is 13.9 Å². The van der Waals surface area contributed by atoms with Crippen LogP contribution in [0.5, 0.6) is 11.6 Å². The van der Waals surface area contributed by atoms with Gasteiger partial charge < -0.3 is 13.9 Å². The molecular weight excluding hydrogens is 374 g/mol. The van der Waals surface area contributed by atoms with Gasteiger partial charge in [-0.25, -0.2) is 4.98 Å². The predicted octanol–water partition coefficient (Wildman–Crippen LogP) is 4.93. The number of benzene rings is 1. The van der Waals surface area contributed by atoms with Crippen LogP contribution in [0.15, 0.2) is 58.5 Å². The Kier molecular flexibility index (Phi) is 5.43. The van der Waals surface area contributed by atoms with Crippen molar-refractivity contribution in [1.82, 2.24) is 14.8 Å². The standard InChI is InChI=1S/C21H21N3O3S/c1-3-25-20-10-11-24(23-20)13-16-6-8-17(9-7-16)26-14-18-15(2)27-21(22-18)19-5-4-12-28-19/h4-12H,3,13-14H2,1-2H3. The molecule has 6 nitrogen and oxygen atoms in total. The van der Waals surface area contributed by atoms with Gasteiger partial charge in [0, 0.05) is 12.3 Å². The van der Waals surface area contributed by atoms with Crippen molar-refractivity contribution in [1.29, 1.82) is 0 Å². The molecule has 144 valence electrons. The minimum atomic E-state index is 0.372. The van der Waals surface area contributed by atoms with Crippen molar-refractivity contribution in [2.45, 2.75) is 27.0 Å². The van der Waals surface area contributed by atoms with Crippen molar-refractivity contribution in [2.75, 3.05) is 6.61 Å². The molecule has 3 heterocycles. The zero-order valence-corrected chi connectivity index (χ0v) is 16.6. The van der Waals surface area contributed by atoms with E-state index >= 15 is 0 Å². The average Bonchev–Trinajstić information content (AvgIpc) is 3.43. The average molecular weight is 395 g/mol. The molecule has 0 fully saturated rings. The van der Waals surface area contributed by atoms with Gasteiger partial charge in [-0.2, -0.15) is 0 Å². The highest BCUT2D eigenvalue weighted by Gasteiger charge is 2.12. The number of hydrogen-bond acceptors (Lipinski definition) is 6. The summed E-state index contributed by atoms with van der Waals surface area (Å²) in [5, 5.41) is 6.38. The number of nitrogens with zero attached hydrogens (tertiary/aromatic N) is 3. The molecule has 0 spiro atoms. The van der Waals surface area contributed by atoms with Crippen molar-refractivity contribution < 1.29 is 13.9 Å². The third-order valence-corrected chi connectivity index (χ3v) is 5.03. The lowest BCUT2D eigenvalue weighted by Crippen LogP contribution is -2.02. The minimum Gasteiger partial charge on any atom is -0.487 e. The minimum absolute atomic E-state index is 0.372. The van der Waals surface area contributed by atoms with Crippen LogP contribution in [0.3, 0.4) is 0 Å². The normalized spacial score (nSPS) is 10.9. The van der Waals surface area contributed by atoms with Crippen molar-refractivity contribution in [3.05, 3.63) is 71.1 Å². The molecule has 0 radical (unpaired) electrons. The van der Waals surface area contributed by atoms with E-state index in [1.807, 2.05) is 72.6 Å². The van der Waals surface area contributed by atoms with Crippen LogP contribution in [0.1, 0.15) is 23.9 Å². The zero-order chi connectivity index (χ0) is 19.3. The summed E-state index contributed by atoms with van der Waals surface area (Å²) in [6.07, 6.45) is 1.91. The topological polar surface area (TPSA) is 62.3 Å². The second kappa shape index (κ2) is 8.31. The lowest BCUT2D eigenvalue weighted by Gasteiger charge is -2.06. The van der Waals surface area contributed by atoms with Crippen LogP contribution >= 0.6 is 11.3 Å². The SMILES string of the molecule is CCOc1ccn(Cc2ccc(OCc3nc(-c4cccs4)oc3C)cc2)n1. The highest BCUT2D eigenvalue weighted by atomic mass is 32.1. The van der Waals surface area contributed by atoms with Crippen molar-refractivity contribution >= 4 is 11.3 Å². The van der Waals surface area contributed by atoms with Gasteiger partial charge >= 0.3 is 0 Å². The highest BCUT2D eigenvalue weighted by molar-refractivity contribution is 7.13. The fourth-order valence-electron chi connectivity index (χ4n) is 2.75. The Morgan fingerprint density at radius 2 is 1.96 bits per heavy atom. The maximum Gasteiger partial charge on any atom is 0.236 e. The molecule has 28 heavy (non-hydrogen) atoms. The summed E-state index contributed by atoms with van der Waals surface area (Å²) < 4.78 is 18.9. The number of oxazole rings is 1. The maximum absolute atomic E-state index is 5.88. The fraction of sp³-hybridized carbons (Fsp3) is 0.238. The van der Waals surface area contributed by atoms with E-state index in [0.717, 1.165) is 27.6 Å². The van der Waals surface area contributed by atoms with Gasteiger partial charge in [-0.3, -0.25) is 4.68 Å². The Labute approximate surface area is 167 Å². The van der Waals surface area contributed by atoms with Crippen LogP contribution in [0.4, 0.5) is 0 Å². The molecular formula is C21H21N3O3S. The van der Waals surface area contributed by atoms with E-state index in [1.165, 1.54) is 0 Å². The molecule has 0 N–H and O–H groups in total. The van der Waals surface area contributed by atoms with Gasteiger partial charge in [-0.15, -0.1) is 16.4 Å². The summed E-state index contributed by atoms with van der Waals surface area (Å²) in [7, 11) is 0. The summed E-state index contributed by atoms with van der Waals surface area (Å²) in [6, 6.07) is 13.8. The quantitative estimate of drug-likeness (QED) is 0.423. The molecule has 0 saturated carbocycles.